The van der Waals surface area contributed by atoms with Crippen LogP contribution in [0.5, 0.6) is 0 Å². The molecule has 1 atom stereocenters. The van der Waals surface area contributed by atoms with E-state index in [4.69, 9.17) is 0 Å². The van der Waals surface area contributed by atoms with E-state index in [1.54, 1.807) is 0 Å². The van der Waals surface area contributed by atoms with Crippen molar-refractivity contribution in [3.8, 4) is 0 Å². The maximum absolute atomic E-state index is 3.77. The summed E-state index contributed by atoms with van der Waals surface area (Å²) in [6, 6.07) is 0. The fraction of sp³-hybridized carbons (Fsp3) is 0.714. The van der Waals surface area contributed by atoms with E-state index < -0.39 is 0 Å². The van der Waals surface area contributed by atoms with E-state index in [0.29, 0.717) is 0 Å². The van der Waals surface area contributed by atoms with Gasteiger partial charge in [0.2, 0.25) is 0 Å². The Morgan fingerprint density at radius 1 is 1.29 bits per heavy atom. The van der Waals surface area contributed by atoms with Crippen molar-refractivity contribution in [2.75, 3.05) is 0 Å². The van der Waals surface area contributed by atoms with Crippen LogP contribution >= 0.6 is 0 Å². The van der Waals surface area contributed by atoms with Gasteiger partial charge in [-0.2, -0.15) is 0 Å². The molecule has 0 aromatic rings. The molecule has 0 heterocycles. The van der Waals surface area contributed by atoms with Crippen LogP contribution in [0, 0.1) is 5.92 Å². The molecule has 1 aliphatic rings. The molecule has 1 aliphatic carbocycles. The van der Waals surface area contributed by atoms with Gasteiger partial charge in [0, 0.05) is 0 Å². The predicted octanol–water partition coefficient (Wildman–Crippen LogP) is 5.36. The quantitative estimate of drug-likeness (QED) is 0.529. The molecule has 0 saturated heterocycles. The van der Waals surface area contributed by atoms with E-state index in [1.807, 2.05) is 19.9 Å². The van der Waals surface area contributed by atoms with Gasteiger partial charge >= 0.3 is 0 Å². The average Bonchev–Trinajstić information content (AvgIpc) is 2.49. The first-order chi connectivity index (χ1) is 6.65. The topological polar surface area (TPSA) is 0 Å². The second kappa shape index (κ2) is 10.6. The molecule has 0 N–H and O–H groups in total. The van der Waals surface area contributed by atoms with E-state index in [0.717, 1.165) is 5.92 Å². The third-order valence-electron chi connectivity index (χ3n) is 2.02. The van der Waals surface area contributed by atoms with Gasteiger partial charge in [-0.05, 0) is 31.3 Å². The van der Waals surface area contributed by atoms with Crippen LogP contribution < -0.4 is 0 Å². The molecule has 0 radical (unpaired) electrons. The zero-order valence-corrected chi connectivity index (χ0v) is 11.0. The maximum Gasteiger partial charge on any atom is -0.0251 e. The normalized spacial score (nSPS) is 19.1. The van der Waals surface area contributed by atoms with Crippen LogP contribution in [0.1, 0.15) is 60.8 Å². The molecule has 1 unspecified atom stereocenters. The molecule has 0 heteroatoms. The SMILES string of the molecule is C=CC1=C(C)CC(C)C1.CC.CCC. The van der Waals surface area contributed by atoms with Crippen LogP contribution in [0.2, 0.25) is 0 Å². The third kappa shape index (κ3) is 6.94. The van der Waals surface area contributed by atoms with Crippen molar-refractivity contribution < 1.29 is 0 Å². The Hall–Kier alpha value is -0.520. The van der Waals surface area contributed by atoms with Gasteiger partial charge < -0.3 is 0 Å². The highest BCUT2D eigenvalue weighted by atomic mass is 14.2. The lowest BCUT2D eigenvalue weighted by molar-refractivity contribution is 0.623. The van der Waals surface area contributed by atoms with E-state index in [2.05, 4.69) is 34.3 Å². The maximum atomic E-state index is 3.77. The highest BCUT2D eigenvalue weighted by molar-refractivity contribution is 5.27. The Morgan fingerprint density at radius 3 is 1.86 bits per heavy atom. The van der Waals surface area contributed by atoms with Crippen molar-refractivity contribution in [3.63, 3.8) is 0 Å². The average molecular weight is 196 g/mol. The lowest BCUT2D eigenvalue weighted by Crippen LogP contribution is -1.83. The molecule has 0 spiro atoms. The fourth-order valence-electron chi connectivity index (χ4n) is 1.53. The summed E-state index contributed by atoms with van der Waals surface area (Å²) >= 11 is 0. The van der Waals surface area contributed by atoms with Crippen molar-refractivity contribution in [3.05, 3.63) is 23.8 Å². The van der Waals surface area contributed by atoms with E-state index in [9.17, 15) is 0 Å². The van der Waals surface area contributed by atoms with E-state index in [-0.39, 0.29) is 0 Å². The Bertz CT molecular complexity index is 163. The summed E-state index contributed by atoms with van der Waals surface area (Å²) in [5.74, 6) is 0.859. The van der Waals surface area contributed by atoms with Gasteiger partial charge in [-0.1, -0.05) is 59.3 Å². The summed E-state index contributed by atoms with van der Waals surface area (Å²) in [6.45, 7) is 16.5. The molecule has 84 valence electrons. The van der Waals surface area contributed by atoms with Crippen LogP contribution in [0.3, 0.4) is 0 Å². The molecule has 0 aliphatic heterocycles. The minimum Gasteiger partial charge on any atom is -0.0988 e. The fourth-order valence-corrected chi connectivity index (χ4v) is 1.53. The predicted molar refractivity (Wildman–Crippen MR) is 68.6 cm³/mol. The molecule has 0 nitrogen and oxygen atoms in total. The Balaban J connectivity index is 0. The van der Waals surface area contributed by atoms with Gasteiger partial charge in [0.15, 0.2) is 0 Å². The summed E-state index contributed by atoms with van der Waals surface area (Å²) in [6.07, 6.45) is 5.77. The number of hydrogen-bond donors (Lipinski definition) is 0. The monoisotopic (exact) mass is 196 g/mol. The summed E-state index contributed by atoms with van der Waals surface area (Å²) < 4.78 is 0. The van der Waals surface area contributed by atoms with Gasteiger partial charge in [-0.3, -0.25) is 0 Å². The highest BCUT2D eigenvalue weighted by Crippen LogP contribution is 2.30. The Morgan fingerprint density at radius 2 is 1.71 bits per heavy atom. The van der Waals surface area contributed by atoms with E-state index >= 15 is 0 Å². The molecule has 0 saturated carbocycles. The number of allylic oxidation sites excluding steroid dienone is 3. The van der Waals surface area contributed by atoms with Crippen molar-refractivity contribution in [2.24, 2.45) is 5.92 Å². The van der Waals surface area contributed by atoms with Crippen LogP contribution in [0.4, 0.5) is 0 Å². The molecule has 0 bridgehead atoms. The lowest BCUT2D eigenvalue weighted by atomic mass is 10.1. The Kier molecular flexibility index (Phi) is 12.0. The first-order valence-electron chi connectivity index (χ1n) is 5.96. The molecular weight excluding hydrogens is 168 g/mol. The molecule has 0 amide bonds. The number of hydrogen-bond acceptors (Lipinski definition) is 0. The molecular formula is C14H28. The zero-order chi connectivity index (χ0) is 11.6. The van der Waals surface area contributed by atoms with Crippen molar-refractivity contribution in [1.82, 2.24) is 0 Å². The first kappa shape index (κ1) is 15.9. The largest absolute Gasteiger partial charge is 0.0988 e. The van der Waals surface area contributed by atoms with Gasteiger partial charge in [0.05, 0.1) is 0 Å². The van der Waals surface area contributed by atoms with E-state index in [1.165, 1.54) is 30.4 Å². The zero-order valence-electron chi connectivity index (χ0n) is 11.0. The van der Waals surface area contributed by atoms with Gasteiger partial charge in [-0.15, -0.1) is 0 Å². The standard InChI is InChI=1S/C9H14.C3H8.C2H6/c1-4-9-6-7(2)5-8(9)3;1-3-2;1-2/h4,7H,1,5-6H2,2-3H3;3H2,1-2H3;1-2H3. The van der Waals surface area contributed by atoms with Crippen molar-refractivity contribution >= 4 is 0 Å². The van der Waals surface area contributed by atoms with Crippen molar-refractivity contribution in [2.45, 2.75) is 60.8 Å². The van der Waals surface area contributed by atoms with Crippen LogP contribution in [0.25, 0.3) is 0 Å². The van der Waals surface area contributed by atoms with Gasteiger partial charge in [0.25, 0.3) is 0 Å². The van der Waals surface area contributed by atoms with Crippen LogP contribution in [-0.4, -0.2) is 0 Å². The summed E-state index contributed by atoms with van der Waals surface area (Å²) in [4.78, 5) is 0. The molecule has 0 aromatic heterocycles. The summed E-state index contributed by atoms with van der Waals surface area (Å²) in [5, 5.41) is 0. The van der Waals surface area contributed by atoms with Crippen molar-refractivity contribution in [1.29, 1.82) is 0 Å². The third-order valence-corrected chi connectivity index (χ3v) is 2.02. The number of rotatable bonds is 1. The lowest BCUT2D eigenvalue weighted by Gasteiger charge is -1.96. The second-order valence-corrected chi connectivity index (χ2v) is 3.73. The summed E-state index contributed by atoms with van der Waals surface area (Å²) in [7, 11) is 0. The highest BCUT2D eigenvalue weighted by Gasteiger charge is 2.14. The molecule has 0 aromatic carbocycles. The van der Waals surface area contributed by atoms with Crippen LogP contribution in [-0.2, 0) is 0 Å². The minimum absolute atomic E-state index is 0.859. The summed E-state index contributed by atoms with van der Waals surface area (Å²) in [5.41, 5.74) is 3.01. The van der Waals surface area contributed by atoms with Gasteiger partial charge in [-0.25, -0.2) is 0 Å². The molecule has 14 heavy (non-hydrogen) atoms. The smallest absolute Gasteiger partial charge is 0.0251 e. The molecule has 1 rings (SSSR count). The second-order valence-electron chi connectivity index (χ2n) is 3.73. The minimum atomic E-state index is 0.859. The first-order valence-corrected chi connectivity index (χ1v) is 5.96. The molecule has 0 fully saturated rings. The van der Waals surface area contributed by atoms with Gasteiger partial charge in [0.1, 0.15) is 0 Å². The Labute approximate surface area is 91.1 Å². The van der Waals surface area contributed by atoms with Crippen LogP contribution in [0.15, 0.2) is 23.8 Å².